The molecule has 1 rings (SSSR count). The Labute approximate surface area is 219 Å². The maximum atomic E-state index is 12.5. The van der Waals surface area contributed by atoms with Crippen LogP contribution in [0, 0.1) is 19.8 Å². The van der Waals surface area contributed by atoms with Crippen molar-refractivity contribution < 1.29 is 9.53 Å². The van der Waals surface area contributed by atoms with Crippen LogP contribution in [0.15, 0.2) is 18.2 Å². The molecule has 0 amide bonds. The number of benzene rings is 1. The van der Waals surface area contributed by atoms with Gasteiger partial charge in [-0.25, -0.2) is 0 Å². The SMILES string of the molecule is CCCCCCCCCCC(CCCCCCCCCC)COC(=O)CCc1ccc(C)cc1C. The predicted molar refractivity (Wildman–Crippen MR) is 153 cm³/mol. The van der Waals surface area contributed by atoms with E-state index in [4.69, 9.17) is 4.74 Å². The van der Waals surface area contributed by atoms with Gasteiger partial charge in [0, 0.05) is 6.42 Å². The van der Waals surface area contributed by atoms with Gasteiger partial charge in [0.2, 0.25) is 0 Å². The summed E-state index contributed by atoms with van der Waals surface area (Å²) in [5.74, 6) is 0.516. The number of hydrogen-bond donors (Lipinski definition) is 0. The number of aryl methyl sites for hydroxylation is 3. The van der Waals surface area contributed by atoms with Gasteiger partial charge in [-0.2, -0.15) is 0 Å². The molecule has 0 N–H and O–H groups in total. The molecular weight excluding hydrogens is 428 g/mol. The molecular formula is C33H58O2. The quantitative estimate of drug-likeness (QED) is 0.114. The van der Waals surface area contributed by atoms with E-state index in [9.17, 15) is 4.79 Å². The Morgan fingerprint density at radius 3 is 1.69 bits per heavy atom. The monoisotopic (exact) mass is 486 g/mol. The lowest BCUT2D eigenvalue weighted by Gasteiger charge is -2.17. The number of rotatable bonds is 23. The van der Waals surface area contributed by atoms with Crippen molar-refractivity contribution in [1.29, 1.82) is 0 Å². The van der Waals surface area contributed by atoms with E-state index in [0.29, 0.717) is 18.9 Å². The van der Waals surface area contributed by atoms with Gasteiger partial charge in [-0.05, 0) is 50.2 Å². The molecule has 0 aliphatic rings. The van der Waals surface area contributed by atoms with Gasteiger partial charge >= 0.3 is 5.97 Å². The second-order valence-corrected chi connectivity index (χ2v) is 11.0. The van der Waals surface area contributed by atoms with E-state index in [1.54, 1.807) is 0 Å². The second kappa shape index (κ2) is 21.9. The Morgan fingerprint density at radius 1 is 0.714 bits per heavy atom. The number of hydrogen-bond acceptors (Lipinski definition) is 2. The Morgan fingerprint density at radius 2 is 1.20 bits per heavy atom. The molecule has 35 heavy (non-hydrogen) atoms. The van der Waals surface area contributed by atoms with E-state index in [2.05, 4.69) is 45.9 Å². The van der Waals surface area contributed by atoms with Crippen molar-refractivity contribution >= 4 is 5.97 Å². The van der Waals surface area contributed by atoms with Crippen molar-refractivity contribution in [3.05, 3.63) is 34.9 Å². The number of ether oxygens (including phenoxy) is 1. The van der Waals surface area contributed by atoms with Crippen molar-refractivity contribution in [2.45, 2.75) is 156 Å². The molecule has 0 spiro atoms. The minimum absolute atomic E-state index is 0.0261. The summed E-state index contributed by atoms with van der Waals surface area (Å²) in [6.45, 7) is 9.44. The summed E-state index contributed by atoms with van der Waals surface area (Å²) in [5.41, 5.74) is 3.82. The molecule has 0 aromatic heterocycles. The first-order valence-electron chi connectivity index (χ1n) is 15.3. The maximum absolute atomic E-state index is 12.5. The first-order valence-corrected chi connectivity index (χ1v) is 15.3. The summed E-state index contributed by atoms with van der Waals surface area (Å²) < 4.78 is 5.80. The first-order chi connectivity index (χ1) is 17.1. The average molecular weight is 487 g/mol. The summed E-state index contributed by atoms with van der Waals surface area (Å²) in [6.07, 6.45) is 25.5. The molecule has 0 radical (unpaired) electrons. The average Bonchev–Trinajstić information content (AvgIpc) is 2.84. The van der Waals surface area contributed by atoms with Gasteiger partial charge < -0.3 is 4.74 Å². The third-order valence-electron chi connectivity index (χ3n) is 7.51. The normalized spacial score (nSPS) is 11.3. The summed E-state index contributed by atoms with van der Waals surface area (Å²) in [6, 6.07) is 6.49. The smallest absolute Gasteiger partial charge is 0.306 e. The van der Waals surface area contributed by atoms with Gasteiger partial charge in [-0.3, -0.25) is 4.79 Å². The number of unbranched alkanes of at least 4 members (excludes halogenated alkanes) is 14. The lowest BCUT2D eigenvalue weighted by atomic mass is 9.94. The van der Waals surface area contributed by atoms with Gasteiger partial charge in [-0.1, -0.05) is 140 Å². The van der Waals surface area contributed by atoms with E-state index in [0.717, 1.165) is 6.42 Å². The lowest BCUT2D eigenvalue weighted by molar-refractivity contribution is -0.145. The Kier molecular flexibility index (Phi) is 19.9. The summed E-state index contributed by atoms with van der Waals surface area (Å²) in [5, 5.41) is 0. The van der Waals surface area contributed by atoms with E-state index in [-0.39, 0.29) is 5.97 Å². The number of carbonyl (C=O) groups is 1. The Balaban J connectivity index is 2.31. The molecule has 0 atom stereocenters. The van der Waals surface area contributed by atoms with Crippen molar-refractivity contribution in [2.24, 2.45) is 5.92 Å². The fraction of sp³-hybridized carbons (Fsp3) is 0.788. The minimum Gasteiger partial charge on any atom is -0.465 e. The fourth-order valence-electron chi connectivity index (χ4n) is 5.09. The second-order valence-electron chi connectivity index (χ2n) is 11.0. The third-order valence-corrected chi connectivity index (χ3v) is 7.51. The molecule has 0 unspecified atom stereocenters. The summed E-state index contributed by atoms with van der Waals surface area (Å²) in [4.78, 5) is 12.5. The van der Waals surface area contributed by atoms with Crippen LogP contribution >= 0.6 is 0 Å². The molecule has 2 heteroatoms. The zero-order valence-electron chi connectivity index (χ0n) is 24.0. The highest BCUT2D eigenvalue weighted by Gasteiger charge is 2.13. The van der Waals surface area contributed by atoms with Crippen LogP contribution in [0.2, 0.25) is 0 Å². The molecule has 202 valence electrons. The molecule has 0 saturated heterocycles. The van der Waals surface area contributed by atoms with Gasteiger partial charge in [0.25, 0.3) is 0 Å². The molecule has 0 bridgehead atoms. The van der Waals surface area contributed by atoms with Crippen LogP contribution in [0.5, 0.6) is 0 Å². The van der Waals surface area contributed by atoms with E-state index < -0.39 is 0 Å². The first kappa shape index (κ1) is 31.7. The maximum Gasteiger partial charge on any atom is 0.306 e. The zero-order valence-corrected chi connectivity index (χ0v) is 24.0. The third kappa shape index (κ3) is 17.7. The van der Waals surface area contributed by atoms with Crippen molar-refractivity contribution in [3.63, 3.8) is 0 Å². The molecule has 1 aromatic carbocycles. The molecule has 0 fully saturated rings. The largest absolute Gasteiger partial charge is 0.465 e. The molecule has 0 aliphatic heterocycles. The molecule has 0 saturated carbocycles. The van der Waals surface area contributed by atoms with E-state index in [1.165, 1.54) is 132 Å². The highest BCUT2D eigenvalue weighted by atomic mass is 16.5. The summed E-state index contributed by atoms with van der Waals surface area (Å²) in [7, 11) is 0. The van der Waals surface area contributed by atoms with Crippen LogP contribution in [-0.2, 0) is 16.0 Å². The topological polar surface area (TPSA) is 26.3 Å². The lowest BCUT2D eigenvalue weighted by Crippen LogP contribution is -2.15. The molecule has 1 aromatic rings. The molecule has 2 nitrogen and oxygen atoms in total. The molecule has 0 heterocycles. The van der Waals surface area contributed by atoms with Crippen LogP contribution in [0.4, 0.5) is 0 Å². The van der Waals surface area contributed by atoms with E-state index in [1.807, 2.05) is 0 Å². The predicted octanol–water partition coefficient (Wildman–Crippen LogP) is 10.5. The number of carbonyl (C=O) groups excluding carboxylic acids is 1. The molecule has 0 aliphatic carbocycles. The van der Waals surface area contributed by atoms with Gasteiger partial charge in [-0.15, -0.1) is 0 Å². The van der Waals surface area contributed by atoms with Crippen molar-refractivity contribution in [3.8, 4) is 0 Å². The highest BCUT2D eigenvalue weighted by Crippen LogP contribution is 2.21. The van der Waals surface area contributed by atoms with Crippen molar-refractivity contribution in [1.82, 2.24) is 0 Å². The standard InChI is InChI=1S/C33H58O2/c1-5-7-9-11-13-15-17-19-21-31(22-20-18-16-14-12-10-8-6-2)28-35-33(34)26-25-32-24-23-29(3)27-30(32)4/h23-24,27,31H,5-22,25-26,28H2,1-4H3. The fourth-order valence-corrected chi connectivity index (χ4v) is 5.09. The van der Waals surface area contributed by atoms with Crippen LogP contribution in [0.25, 0.3) is 0 Å². The van der Waals surface area contributed by atoms with Crippen LogP contribution < -0.4 is 0 Å². The van der Waals surface area contributed by atoms with Gasteiger partial charge in [0.1, 0.15) is 0 Å². The van der Waals surface area contributed by atoms with Crippen LogP contribution in [0.1, 0.15) is 153 Å². The zero-order chi connectivity index (χ0) is 25.6. The van der Waals surface area contributed by atoms with Crippen LogP contribution in [-0.4, -0.2) is 12.6 Å². The van der Waals surface area contributed by atoms with E-state index >= 15 is 0 Å². The highest BCUT2D eigenvalue weighted by molar-refractivity contribution is 5.69. The van der Waals surface area contributed by atoms with Crippen LogP contribution in [0.3, 0.4) is 0 Å². The Hall–Kier alpha value is -1.31. The van der Waals surface area contributed by atoms with Crippen molar-refractivity contribution in [2.75, 3.05) is 6.61 Å². The van der Waals surface area contributed by atoms with Gasteiger partial charge in [0.15, 0.2) is 0 Å². The minimum atomic E-state index is -0.0261. The van der Waals surface area contributed by atoms with Gasteiger partial charge in [0.05, 0.1) is 6.61 Å². The number of esters is 1. The Bertz CT molecular complexity index is 616. The summed E-state index contributed by atoms with van der Waals surface area (Å²) >= 11 is 0.